The van der Waals surface area contributed by atoms with Gasteiger partial charge in [-0.1, -0.05) is 6.42 Å². The highest BCUT2D eigenvalue weighted by molar-refractivity contribution is 5.87. The summed E-state index contributed by atoms with van der Waals surface area (Å²) in [7, 11) is 0. The Labute approximate surface area is 66.2 Å². The standard InChI is InChI=1S/C8H13NO2/c1-6(10)7-4-2-3-5-8(11)9-7/h7H,2-5H2,1H3,(H,9,11)/t7-/m0/s1. The number of ketones is 1. The van der Waals surface area contributed by atoms with Crippen molar-refractivity contribution in [3.05, 3.63) is 0 Å². The molecule has 0 aromatic carbocycles. The number of hydrogen-bond acceptors (Lipinski definition) is 2. The molecular formula is C8H13NO2. The summed E-state index contributed by atoms with van der Waals surface area (Å²) in [6.07, 6.45) is 3.27. The number of rotatable bonds is 1. The van der Waals surface area contributed by atoms with Gasteiger partial charge in [-0.15, -0.1) is 0 Å². The Hall–Kier alpha value is -0.860. The van der Waals surface area contributed by atoms with E-state index in [0.29, 0.717) is 6.42 Å². The minimum absolute atomic E-state index is 0.0164. The largest absolute Gasteiger partial charge is 0.346 e. The van der Waals surface area contributed by atoms with Gasteiger partial charge in [0.1, 0.15) is 0 Å². The summed E-state index contributed by atoms with van der Waals surface area (Å²) in [5.74, 6) is 0.0861. The maximum absolute atomic E-state index is 10.9. The highest BCUT2D eigenvalue weighted by Gasteiger charge is 2.19. The molecule has 1 rings (SSSR count). The first-order valence-corrected chi connectivity index (χ1v) is 4.00. The summed E-state index contributed by atoms with van der Waals surface area (Å²) >= 11 is 0. The molecule has 11 heavy (non-hydrogen) atoms. The van der Waals surface area contributed by atoms with Gasteiger partial charge in [0.2, 0.25) is 5.91 Å². The average molecular weight is 155 g/mol. The van der Waals surface area contributed by atoms with Gasteiger partial charge in [0.05, 0.1) is 6.04 Å². The van der Waals surface area contributed by atoms with E-state index in [1.165, 1.54) is 6.92 Å². The Kier molecular flexibility index (Phi) is 2.63. The lowest BCUT2D eigenvalue weighted by atomic mass is 10.1. The Morgan fingerprint density at radius 3 is 2.91 bits per heavy atom. The molecule has 0 saturated carbocycles. The zero-order chi connectivity index (χ0) is 8.27. The van der Waals surface area contributed by atoms with Crippen molar-refractivity contribution in [3.63, 3.8) is 0 Å². The van der Waals surface area contributed by atoms with Crippen LogP contribution in [0.5, 0.6) is 0 Å². The lowest BCUT2D eigenvalue weighted by Gasteiger charge is -2.10. The van der Waals surface area contributed by atoms with Crippen molar-refractivity contribution in [1.82, 2.24) is 5.32 Å². The first kappa shape index (κ1) is 8.24. The molecule has 0 aromatic rings. The molecule has 62 valence electrons. The molecule has 1 heterocycles. The first-order chi connectivity index (χ1) is 5.20. The Morgan fingerprint density at radius 1 is 1.55 bits per heavy atom. The molecule has 3 heteroatoms. The molecule has 1 N–H and O–H groups in total. The number of nitrogens with one attached hydrogen (secondary N) is 1. The molecule has 1 amide bonds. The van der Waals surface area contributed by atoms with E-state index in [0.717, 1.165) is 19.3 Å². The highest BCUT2D eigenvalue weighted by atomic mass is 16.2. The molecule has 0 bridgehead atoms. The van der Waals surface area contributed by atoms with Crippen LogP contribution in [-0.4, -0.2) is 17.7 Å². The molecule has 0 radical (unpaired) electrons. The van der Waals surface area contributed by atoms with Gasteiger partial charge in [-0.05, 0) is 19.8 Å². The number of carbonyl (C=O) groups excluding carboxylic acids is 2. The second-order valence-corrected chi connectivity index (χ2v) is 2.98. The third kappa shape index (κ3) is 2.33. The quantitative estimate of drug-likeness (QED) is 0.603. The molecular weight excluding hydrogens is 142 g/mol. The number of amides is 1. The van der Waals surface area contributed by atoms with Crippen molar-refractivity contribution in [2.24, 2.45) is 0 Å². The summed E-state index contributed by atoms with van der Waals surface area (Å²) in [6.45, 7) is 1.52. The maximum atomic E-state index is 10.9. The van der Waals surface area contributed by atoms with Gasteiger partial charge in [0.15, 0.2) is 5.78 Å². The van der Waals surface area contributed by atoms with Crippen molar-refractivity contribution in [3.8, 4) is 0 Å². The van der Waals surface area contributed by atoms with Gasteiger partial charge in [-0.3, -0.25) is 9.59 Å². The summed E-state index contributed by atoms with van der Waals surface area (Å²) < 4.78 is 0. The zero-order valence-electron chi connectivity index (χ0n) is 6.72. The van der Waals surface area contributed by atoms with Crippen LogP contribution >= 0.6 is 0 Å². The van der Waals surface area contributed by atoms with Crippen LogP contribution in [0, 0.1) is 0 Å². The van der Waals surface area contributed by atoms with Crippen molar-refractivity contribution < 1.29 is 9.59 Å². The lowest BCUT2D eigenvalue weighted by Crippen LogP contribution is -2.37. The second kappa shape index (κ2) is 3.51. The van der Waals surface area contributed by atoms with E-state index in [1.807, 2.05) is 0 Å². The van der Waals surface area contributed by atoms with Crippen LogP contribution in [-0.2, 0) is 9.59 Å². The summed E-state index contributed by atoms with van der Waals surface area (Å²) in [6, 6.07) is -0.218. The van der Waals surface area contributed by atoms with Crippen molar-refractivity contribution >= 4 is 11.7 Å². The van der Waals surface area contributed by atoms with E-state index in [4.69, 9.17) is 0 Å². The molecule has 1 aliphatic rings. The predicted octanol–water partition coefficient (Wildman–Crippen LogP) is 0.634. The maximum Gasteiger partial charge on any atom is 0.220 e. The van der Waals surface area contributed by atoms with E-state index >= 15 is 0 Å². The van der Waals surface area contributed by atoms with E-state index in [1.54, 1.807) is 0 Å². The Bertz CT molecular complexity index is 177. The number of Topliss-reactive ketones (excluding diaryl/α,β-unsaturated/α-hetero) is 1. The van der Waals surface area contributed by atoms with E-state index in [2.05, 4.69) is 5.32 Å². The molecule has 0 unspecified atom stereocenters. The Balaban J connectivity index is 2.52. The summed E-state index contributed by atoms with van der Waals surface area (Å²) in [5, 5.41) is 2.69. The average Bonchev–Trinajstić information content (AvgIpc) is 2.13. The van der Waals surface area contributed by atoms with Gasteiger partial charge in [-0.25, -0.2) is 0 Å². The molecule has 3 nitrogen and oxygen atoms in total. The molecule has 0 aliphatic carbocycles. The molecule has 0 spiro atoms. The van der Waals surface area contributed by atoms with Crippen molar-refractivity contribution in [1.29, 1.82) is 0 Å². The van der Waals surface area contributed by atoms with Crippen LogP contribution in [0.2, 0.25) is 0 Å². The zero-order valence-corrected chi connectivity index (χ0v) is 6.72. The van der Waals surface area contributed by atoms with Gasteiger partial charge < -0.3 is 5.32 Å². The van der Waals surface area contributed by atoms with Crippen LogP contribution in [0.4, 0.5) is 0 Å². The molecule has 0 aromatic heterocycles. The van der Waals surface area contributed by atoms with Crippen LogP contribution in [0.15, 0.2) is 0 Å². The van der Waals surface area contributed by atoms with Crippen LogP contribution in [0.3, 0.4) is 0 Å². The summed E-state index contributed by atoms with van der Waals surface area (Å²) in [4.78, 5) is 21.8. The highest BCUT2D eigenvalue weighted by Crippen LogP contribution is 2.09. The fourth-order valence-electron chi connectivity index (χ4n) is 1.28. The number of hydrogen-bond donors (Lipinski definition) is 1. The van der Waals surface area contributed by atoms with Crippen molar-refractivity contribution in [2.75, 3.05) is 0 Å². The monoisotopic (exact) mass is 155 g/mol. The van der Waals surface area contributed by atoms with E-state index in [9.17, 15) is 9.59 Å². The third-order valence-corrected chi connectivity index (χ3v) is 1.97. The number of carbonyl (C=O) groups is 2. The van der Waals surface area contributed by atoms with Crippen molar-refractivity contribution in [2.45, 2.75) is 38.6 Å². The van der Waals surface area contributed by atoms with Gasteiger partial charge in [0, 0.05) is 6.42 Å². The lowest BCUT2D eigenvalue weighted by molar-refractivity contribution is -0.126. The smallest absolute Gasteiger partial charge is 0.220 e. The SMILES string of the molecule is CC(=O)[C@@H]1CCCCC(=O)N1. The van der Waals surface area contributed by atoms with E-state index in [-0.39, 0.29) is 17.7 Å². The normalized spacial score (nSPS) is 25.5. The van der Waals surface area contributed by atoms with Gasteiger partial charge >= 0.3 is 0 Å². The van der Waals surface area contributed by atoms with Gasteiger partial charge in [-0.2, -0.15) is 0 Å². The van der Waals surface area contributed by atoms with E-state index < -0.39 is 0 Å². The fraction of sp³-hybridized carbons (Fsp3) is 0.750. The first-order valence-electron chi connectivity index (χ1n) is 4.00. The minimum atomic E-state index is -0.218. The fourth-order valence-corrected chi connectivity index (χ4v) is 1.28. The molecule has 1 atom stereocenters. The third-order valence-electron chi connectivity index (χ3n) is 1.97. The second-order valence-electron chi connectivity index (χ2n) is 2.98. The molecule has 1 fully saturated rings. The van der Waals surface area contributed by atoms with Crippen LogP contribution < -0.4 is 5.32 Å². The topological polar surface area (TPSA) is 46.2 Å². The predicted molar refractivity (Wildman–Crippen MR) is 41.1 cm³/mol. The molecule has 1 aliphatic heterocycles. The summed E-state index contributed by atoms with van der Waals surface area (Å²) in [5.41, 5.74) is 0. The minimum Gasteiger partial charge on any atom is -0.346 e. The van der Waals surface area contributed by atoms with Gasteiger partial charge in [0.25, 0.3) is 0 Å². The Morgan fingerprint density at radius 2 is 2.27 bits per heavy atom. The molecule has 1 saturated heterocycles. The van der Waals surface area contributed by atoms with Crippen LogP contribution in [0.1, 0.15) is 32.6 Å². The van der Waals surface area contributed by atoms with Crippen LogP contribution in [0.25, 0.3) is 0 Å².